The average Bonchev–Trinajstić information content (AvgIpc) is 1.64. The second-order valence-corrected chi connectivity index (χ2v) is 35.0. The smallest absolute Gasteiger partial charge is 0.386 e. The summed E-state index contributed by atoms with van der Waals surface area (Å²) in [7, 11) is -36.2. The summed E-state index contributed by atoms with van der Waals surface area (Å²) in [6.07, 6.45) is -50.0. The van der Waals surface area contributed by atoms with Crippen LogP contribution < -0.4 is 68.5 Å². The van der Waals surface area contributed by atoms with E-state index in [9.17, 15) is 116 Å². The molecule has 60 nitrogen and oxygen atoms in total. The van der Waals surface area contributed by atoms with Crippen LogP contribution in [0.1, 0.15) is 37.4 Å². The van der Waals surface area contributed by atoms with Crippen LogP contribution in [-0.4, -0.2) is 267 Å². The van der Waals surface area contributed by atoms with Gasteiger partial charge < -0.3 is 123 Å². The first-order valence-electron chi connectivity index (χ1n) is 34.3. The molecule has 660 valence electrons. The number of aliphatic hydroxyl groups excluding tert-OH is 6. The number of nitrogens with two attached hydrogens (primary N) is 6. The average molecular weight is 1830 g/mol. The van der Waals surface area contributed by atoms with Crippen molar-refractivity contribution in [3.05, 3.63) is 136 Å². The topological polar surface area (TPSA) is 877 Å². The number of nitrogens with zero attached hydrogens (tertiary/aromatic N) is 12. The molecule has 13 rings (SSSR count). The number of phosphoric acid groups is 6. The summed E-state index contributed by atoms with van der Waals surface area (Å²) in [6, 6.07) is 5.97. The molecule has 0 spiro atoms. The van der Waals surface area contributed by atoms with Crippen molar-refractivity contribution in [3.63, 3.8) is 0 Å². The lowest BCUT2D eigenvalue weighted by Crippen LogP contribution is -2.40. The minimum atomic E-state index is -6.03. The van der Waals surface area contributed by atoms with Gasteiger partial charge in [0.25, 0.3) is 0 Å². The number of ether oxygens (including phenoxy) is 6. The van der Waals surface area contributed by atoms with E-state index < -0.39 is 303 Å². The summed E-state index contributed by atoms with van der Waals surface area (Å²) in [5, 5.41) is 71.0. The van der Waals surface area contributed by atoms with Crippen LogP contribution in [-0.2, 0) is 110 Å². The van der Waals surface area contributed by atoms with Gasteiger partial charge in [0.1, 0.15) is 145 Å². The van der Waals surface area contributed by atoms with Crippen molar-refractivity contribution in [2.45, 2.75) is 147 Å². The Morgan fingerprint density at radius 3 is 0.500 bits per heavy atom. The SMILES string of the molecule is Nc1ccn([C@@H]2O[C@@H]3COP(=O)(O)O[C@H]4[C@@H](O)[C@H](n5ccc(N)nc5=O)O[C@@H]4COP(=O)(O)O[C@H]4[C@@H](O)[C@H](n5ccc(N)nc5=O)O[C@@H]4COP(=O)(O)O[C@H]4[C@@H](O)[C@H](n5ccc(N)nc5=O)O[C@@H]4COP(=O)(O)O[C@H]4[C@@H](O)[C@H](n5ccc(N)nc5=O)O[C@@H]4COP(=O)(O)O[C@H]4[C@@H](O)[C@H](n5ccc(N)nc5=O)O[C@@H]4COP(=O)(O)O[C@H]3[C@H]2O)c(=O)n1. The highest BCUT2D eigenvalue weighted by atomic mass is 31.2. The first-order valence-corrected chi connectivity index (χ1v) is 43.2. The minimum absolute atomic E-state index is 0.401. The highest BCUT2D eigenvalue weighted by Gasteiger charge is 2.59. The Labute approximate surface area is 664 Å². The Bertz CT molecular complexity index is 4650. The molecule has 0 bridgehead atoms. The quantitative estimate of drug-likeness (QED) is 0.0689. The molecule has 0 aliphatic carbocycles. The van der Waals surface area contributed by atoms with E-state index >= 15 is 0 Å². The number of nitrogen functional groups attached to an aromatic ring is 6. The molecule has 6 aromatic rings. The van der Waals surface area contributed by atoms with E-state index in [1.165, 1.54) is 0 Å². The third-order valence-corrected chi connectivity index (χ3v) is 24.5. The van der Waals surface area contributed by atoms with Crippen molar-refractivity contribution in [2.75, 3.05) is 74.0 Å². The molecule has 0 amide bonds. The van der Waals surface area contributed by atoms with Crippen molar-refractivity contribution >= 4 is 81.8 Å². The van der Waals surface area contributed by atoms with Crippen molar-refractivity contribution < 1.29 is 170 Å². The first kappa shape index (κ1) is 90.0. The lowest BCUT2D eigenvalue weighted by Gasteiger charge is -2.27. The van der Waals surface area contributed by atoms with E-state index in [1.807, 2.05) is 0 Å². The van der Waals surface area contributed by atoms with Crippen molar-refractivity contribution in [1.29, 1.82) is 0 Å². The van der Waals surface area contributed by atoms with Gasteiger partial charge in [0.05, 0.1) is 39.6 Å². The number of fused-ring (bicyclic) bond motifs is 6. The maximum Gasteiger partial charge on any atom is 0.472 e. The van der Waals surface area contributed by atoms with Crippen LogP contribution in [0.15, 0.2) is 102 Å². The molecule has 0 saturated carbocycles. The van der Waals surface area contributed by atoms with Crippen LogP contribution in [0.4, 0.5) is 34.9 Å². The predicted octanol–water partition coefficient (Wildman–Crippen LogP) is -8.40. The third-order valence-electron chi connectivity index (χ3n) is 18.6. The standard InChI is InChI=1S/C54H72N18O42P6/c55-25-1-7-67(49(79)61-25)43-31(73)37-19(103-43)13-97-116(87,88)110-38-21(105-44(32(38)74)68-8-2-26(56)62-50(68)80)15-99-118(91,92)112-40-23(107-46(34(40)76)70-10-4-28(58)64-52(70)82)17-101-120(95,96)114-42-24(108-48(36(42)78)72-12-6-30(60)66-54(72)84)18-102-119(93,94)113-41-22(106-47(35(41)77)71-11-5-29(59)65-53(71)83)16-100-117(89,90)111-39-20(14-98-115(85,86)109-37)104-45(33(39)75)69-9-3-27(57)63-51(69)81/h1-12,19-24,31-48,73-78H,13-18H2,(H,85,86)(H,87,88)(H,89,90)(H,91,92)(H,93,94)(H,95,96)(H2,55,61,79)(H2,56,62,80)(H2,57,63,81)(H2,58,64,82)(H2,59,65,83)(H2,60,66,84)/t19-,20-,21-,22-,23-,24-,31-,32-,33-,34-,35-,36-,37-,38-,39-,40-,41-,42-,43-,44-,45-,46-,47-,48-/m1/s1. The van der Waals surface area contributed by atoms with Crippen LogP contribution in [0.25, 0.3) is 0 Å². The van der Waals surface area contributed by atoms with Gasteiger partial charge in [-0.2, -0.15) is 29.9 Å². The van der Waals surface area contributed by atoms with Crippen molar-refractivity contribution in [1.82, 2.24) is 57.3 Å². The zero-order valence-corrected chi connectivity index (χ0v) is 65.5. The zero-order valence-electron chi connectivity index (χ0n) is 60.2. The number of anilines is 6. The van der Waals surface area contributed by atoms with E-state index in [0.29, 0.717) is 27.4 Å². The maximum atomic E-state index is 14.3. The molecule has 24 N–H and O–H groups in total. The van der Waals surface area contributed by atoms with E-state index in [-0.39, 0.29) is 0 Å². The van der Waals surface area contributed by atoms with Gasteiger partial charge in [-0.25, -0.2) is 56.2 Å². The molecule has 6 aromatic heterocycles. The largest absolute Gasteiger partial charge is 0.472 e. The van der Waals surface area contributed by atoms with Gasteiger partial charge >= 0.3 is 81.1 Å². The van der Waals surface area contributed by atoms with Gasteiger partial charge in [0.15, 0.2) is 37.4 Å². The highest BCUT2D eigenvalue weighted by Crippen LogP contribution is 2.58. The number of aliphatic hydroxyl groups is 6. The molecule has 6 unspecified atom stereocenters. The van der Waals surface area contributed by atoms with E-state index in [0.717, 1.165) is 73.6 Å². The monoisotopic (exact) mass is 1830 g/mol. The van der Waals surface area contributed by atoms with Gasteiger partial charge in [0, 0.05) is 37.2 Å². The summed E-state index contributed by atoms with van der Waals surface area (Å²) in [5.41, 5.74) is 26.3. The van der Waals surface area contributed by atoms with E-state index in [2.05, 4.69) is 29.9 Å². The molecule has 7 saturated heterocycles. The van der Waals surface area contributed by atoms with Crippen molar-refractivity contribution in [3.8, 4) is 0 Å². The molecule has 7 aliphatic heterocycles. The summed E-state index contributed by atoms with van der Waals surface area (Å²) >= 11 is 0. The number of rotatable bonds is 6. The second kappa shape index (κ2) is 35.1. The van der Waals surface area contributed by atoms with Crippen LogP contribution in [0, 0.1) is 0 Å². The van der Waals surface area contributed by atoms with Gasteiger partial charge in [-0.1, -0.05) is 0 Å². The number of hydrogen-bond acceptors (Lipinski definition) is 48. The van der Waals surface area contributed by atoms with Gasteiger partial charge in [-0.15, -0.1) is 0 Å². The van der Waals surface area contributed by atoms with Crippen LogP contribution in [0.3, 0.4) is 0 Å². The Balaban J connectivity index is 0.853. The molecular weight excluding hydrogens is 1760 g/mol. The minimum Gasteiger partial charge on any atom is -0.386 e. The molecule has 66 heteroatoms. The first-order chi connectivity index (χ1) is 56.2. The van der Waals surface area contributed by atoms with Crippen LogP contribution in [0.2, 0.25) is 0 Å². The number of hydrogen-bond donors (Lipinski definition) is 18. The number of phosphoric ester groups is 6. The number of aromatic nitrogens is 12. The molecule has 13 heterocycles. The molecule has 0 aromatic carbocycles. The maximum absolute atomic E-state index is 14.3. The summed E-state index contributed by atoms with van der Waals surface area (Å²) in [4.78, 5) is 170. The molecular formula is C54H72N18O42P6. The Morgan fingerprint density at radius 2 is 0.383 bits per heavy atom. The summed E-state index contributed by atoms with van der Waals surface area (Å²) in [6.45, 7) is -8.98. The second-order valence-electron chi connectivity index (χ2n) is 26.6. The van der Waals surface area contributed by atoms with Gasteiger partial charge in [-0.05, 0) is 36.4 Å². The highest BCUT2D eigenvalue weighted by molar-refractivity contribution is 7.48. The molecule has 7 fully saturated rings. The van der Waals surface area contributed by atoms with E-state index in [4.69, 9.17) is 117 Å². The fraction of sp³-hybridized carbons (Fsp3) is 0.556. The molecule has 120 heavy (non-hydrogen) atoms. The Morgan fingerprint density at radius 1 is 0.258 bits per heavy atom. The third kappa shape index (κ3) is 20.0. The lowest BCUT2D eigenvalue weighted by atomic mass is 10.1. The zero-order chi connectivity index (χ0) is 86.9. The molecule has 30 atom stereocenters. The van der Waals surface area contributed by atoms with Crippen LogP contribution in [0.5, 0.6) is 0 Å². The Hall–Kier alpha value is -7.74. The van der Waals surface area contributed by atoms with Gasteiger partial charge in [-0.3, -0.25) is 81.7 Å². The summed E-state index contributed by atoms with van der Waals surface area (Å²) < 4.78 is 187. The fourth-order valence-electron chi connectivity index (χ4n) is 13.1. The van der Waals surface area contributed by atoms with Gasteiger partial charge in [0.2, 0.25) is 0 Å². The lowest BCUT2D eigenvalue weighted by molar-refractivity contribution is -0.0682. The van der Waals surface area contributed by atoms with Crippen molar-refractivity contribution in [2.24, 2.45) is 0 Å². The molecule has 0 radical (unpaired) electrons. The summed E-state index contributed by atoms with van der Waals surface area (Å²) in [5.74, 6) is -2.40. The van der Waals surface area contributed by atoms with Crippen LogP contribution >= 0.6 is 46.9 Å². The predicted molar refractivity (Wildman–Crippen MR) is 381 cm³/mol. The Kier molecular flexibility index (Phi) is 26.3. The van der Waals surface area contributed by atoms with E-state index in [1.54, 1.807) is 0 Å². The molecule has 7 aliphatic rings. The fourth-order valence-corrected chi connectivity index (χ4v) is 18.9. The normalized spacial score (nSPS) is 40.5.